The highest BCUT2D eigenvalue weighted by Crippen LogP contribution is 2.30. The van der Waals surface area contributed by atoms with E-state index in [1.54, 1.807) is 6.26 Å². The van der Waals surface area contributed by atoms with Crippen LogP contribution in [0.4, 0.5) is 4.39 Å². The van der Waals surface area contributed by atoms with E-state index in [2.05, 4.69) is 10.2 Å². The van der Waals surface area contributed by atoms with E-state index >= 15 is 0 Å². The summed E-state index contributed by atoms with van der Waals surface area (Å²) in [5.74, 6) is 0.568. The minimum absolute atomic E-state index is 0.0230. The molecule has 0 aliphatic carbocycles. The molecule has 4 nitrogen and oxygen atoms in total. The van der Waals surface area contributed by atoms with Crippen molar-refractivity contribution in [3.05, 3.63) is 59.8 Å². The summed E-state index contributed by atoms with van der Waals surface area (Å²) >= 11 is 0. The molecule has 0 spiro atoms. The Bertz CT molecular complexity index is 640. The van der Waals surface area contributed by atoms with Crippen LogP contribution in [-0.2, 0) is 11.3 Å². The van der Waals surface area contributed by atoms with Crippen molar-refractivity contribution in [3.8, 4) is 0 Å². The molecule has 1 aliphatic heterocycles. The van der Waals surface area contributed by atoms with Gasteiger partial charge < -0.3 is 9.73 Å². The Morgan fingerprint density at radius 1 is 1.25 bits per heavy atom. The Kier molecular flexibility index (Phi) is 5.64. The lowest BCUT2D eigenvalue weighted by Gasteiger charge is -2.36. The molecule has 0 radical (unpaired) electrons. The molecule has 128 valence electrons. The second kappa shape index (κ2) is 8.11. The monoisotopic (exact) mass is 330 g/mol. The maximum absolute atomic E-state index is 13.1. The lowest BCUT2D eigenvalue weighted by atomic mass is 9.95. The van der Waals surface area contributed by atoms with Crippen LogP contribution in [0.25, 0.3) is 0 Å². The fourth-order valence-corrected chi connectivity index (χ4v) is 3.25. The molecule has 5 heteroatoms. The van der Waals surface area contributed by atoms with Crippen LogP contribution in [0.1, 0.15) is 43.0 Å². The van der Waals surface area contributed by atoms with Crippen LogP contribution in [0.3, 0.4) is 0 Å². The minimum Gasteiger partial charge on any atom is -0.467 e. The van der Waals surface area contributed by atoms with Crippen molar-refractivity contribution < 1.29 is 13.6 Å². The van der Waals surface area contributed by atoms with Crippen LogP contribution in [-0.4, -0.2) is 23.9 Å². The summed E-state index contributed by atoms with van der Waals surface area (Å²) in [7, 11) is 0. The second-order valence-electron chi connectivity index (χ2n) is 6.21. The molecule has 0 saturated carbocycles. The molecule has 1 saturated heterocycles. The van der Waals surface area contributed by atoms with Crippen molar-refractivity contribution in [1.82, 2.24) is 10.2 Å². The topological polar surface area (TPSA) is 45.5 Å². The minimum atomic E-state index is -0.210. The number of nitrogens with one attached hydrogen (secondary N) is 1. The standard InChI is InChI=1S/C19H23FN2O2/c20-16-8-6-15(7-9-16)18-5-1-2-11-22(18)12-10-19(23)21-14-17-4-3-13-24-17/h3-4,6-9,13,18H,1-2,5,10-12,14H2,(H,21,23)/t18-/m1/s1. The van der Waals surface area contributed by atoms with Crippen LogP contribution >= 0.6 is 0 Å². The first kappa shape index (κ1) is 16.7. The first-order valence-electron chi connectivity index (χ1n) is 8.51. The van der Waals surface area contributed by atoms with Crippen LogP contribution in [0, 0.1) is 5.82 Å². The number of halogens is 1. The highest BCUT2D eigenvalue weighted by atomic mass is 19.1. The molecule has 1 aromatic carbocycles. The maximum atomic E-state index is 13.1. The van der Waals surface area contributed by atoms with Gasteiger partial charge in [-0.2, -0.15) is 0 Å². The van der Waals surface area contributed by atoms with Gasteiger partial charge in [-0.05, 0) is 49.2 Å². The van der Waals surface area contributed by atoms with Crippen LogP contribution in [0.15, 0.2) is 47.1 Å². The number of amides is 1. The molecule has 3 rings (SSSR count). The van der Waals surface area contributed by atoms with Gasteiger partial charge in [-0.3, -0.25) is 9.69 Å². The molecular weight excluding hydrogens is 307 g/mol. The predicted octanol–water partition coefficient (Wildman–Crippen LogP) is 3.65. The van der Waals surface area contributed by atoms with E-state index in [0.717, 1.165) is 30.7 Å². The Morgan fingerprint density at radius 2 is 2.08 bits per heavy atom. The van der Waals surface area contributed by atoms with E-state index in [1.165, 1.54) is 18.6 Å². The summed E-state index contributed by atoms with van der Waals surface area (Å²) in [5.41, 5.74) is 1.13. The second-order valence-corrected chi connectivity index (χ2v) is 6.21. The van der Waals surface area contributed by atoms with Crippen molar-refractivity contribution >= 4 is 5.91 Å². The van der Waals surface area contributed by atoms with Gasteiger partial charge in [0.2, 0.25) is 5.91 Å². The maximum Gasteiger partial charge on any atom is 0.221 e. The van der Waals surface area contributed by atoms with Crippen molar-refractivity contribution in [2.24, 2.45) is 0 Å². The van der Waals surface area contributed by atoms with Gasteiger partial charge in [0.05, 0.1) is 12.8 Å². The third-order valence-electron chi connectivity index (χ3n) is 4.53. The van der Waals surface area contributed by atoms with Gasteiger partial charge in [-0.1, -0.05) is 18.6 Å². The molecule has 1 atom stereocenters. The molecule has 0 unspecified atom stereocenters. The lowest BCUT2D eigenvalue weighted by Crippen LogP contribution is -2.36. The summed E-state index contributed by atoms with van der Waals surface area (Å²) in [6, 6.07) is 10.7. The number of likely N-dealkylation sites (tertiary alicyclic amines) is 1. The molecular formula is C19H23FN2O2. The SMILES string of the molecule is O=C(CCN1CCCC[C@@H]1c1ccc(F)cc1)NCc1ccco1. The van der Waals surface area contributed by atoms with E-state index in [-0.39, 0.29) is 17.8 Å². The molecule has 1 amide bonds. The largest absolute Gasteiger partial charge is 0.467 e. The van der Waals surface area contributed by atoms with Crippen LogP contribution in [0.2, 0.25) is 0 Å². The van der Waals surface area contributed by atoms with E-state index in [0.29, 0.717) is 19.5 Å². The summed E-state index contributed by atoms with van der Waals surface area (Å²) in [4.78, 5) is 14.4. The van der Waals surface area contributed by atoms with Gasteiger partial charge in [0.15, 0.2) is 0 Å². The number of furan rings is 1. The number of benzene rings is 1. The van der Waals surface area contributed by atoms with Gasteiger partial charge in [-0.15, -0.1) is 0 Å². The summed E-state index contributed by atoms with van der Waals surface area (Å²) in [5, 5.41) is 2.88. The van der Waals surface area contributed by atoms with Crippen molar-refractivity contribution in [2.75, 3.05) is 13.1 Å². The zero-order valence-electron chi connectivity index (χ0n) is 13.7. The lowest BCUT2D eigenvalue weighted by molar-refractivity contribution is -0.121. The molecule has 1 aliphatic rings. The Balaban J connectivity index is 1.52. The Morgan fingerprint density at radius 3 is 2.83 bits per heavy atom. The van der Waals surface area contributed by atoms with Gasteiger partial charge in [-0.25, -0.2) is 4.39 Å². The molecule has 1 fully saturated rings. The molecule has 0 bridgehead atoms. The highest BCUT2D eigenvalue weighted by Gasteiger charge is 2.24. The van der Waals surface area contributed by atoms with Gasteiger partial charge in [0, 0.05) is 19.0 Å². The third-order valence-corrected chi connectivity index (χ3v) is 4.53. The smallest absolute Gasteiger partial charge is 0.221 e. The van der Waals surface area contributed by atoms with Crippen molar-refractivity contribution in [1.29, 1.82) is 0 Å². The van der Waals surface area contributed by atoms with Crippen LogP contribution < -0.4 is 5.32 Å². The summed E-state index contributed by atoms with van der Waals surface area (Å²) < 4.78 is 18.3. The fourth-order valence-electron chi connectivity index (χ4n) is 3.25. The number of nitrogens with zero attached hydrogens (tertiary/aromatic N) is 1. The molecule has 2 aromatic rings. The first-order chi connectivity index (χ1) is 11.7. The number of hydrogen-bond acceptors (Lipinski definition) is 3. The molecule has 2 heterocycles. The number of carbonyl (C=O) groups excluding carboxylic acids is 1. The molecule has 1 N–H and O–H groups in total. The van der Waals surface area contributed by atoms with E-state index < -0.39 is 0 Å². The zero-order valence-corrected chi connectivity index (χ0v) is 13.7. The van der Waals surface area contributed by atoms with Gasteiger partial charge >= 0.3 is 0 Å². The molecule has 24 heavy (non-hydrogen) atoms. The van der Waals surface area contributed by atoms with E-state index in [4.69, 9.17) is 4.42 Å². The Labute approximate surface area is 141 Å². The fraction of sp³-hybridized carbons (Fsp3) is 0.421. The van der Waals surface area contributed by atoms with Gasteiger partial charge in [0.1, 0.15) is 11.6 Å². The molecule has 1 aromatic heterocycles. The van der Waals surface area contributed by atoms with E-state index in [1.807, 2.05) is 24.3 Å². The first-order valence-corrected chi connectivity index (χ1v) is 8.51. The predicted molar refractivity (Wildman–Crippen MR) is 89.7 cm³/mol. The van der Waals surface area contributed by atoms with E-state index in [9.17, 15) is 9.18 Å². The van der Waals surface area contributed by atoms with Crippen LogP contribution in [0.5, 0.6) is 0 Å². The number of hydrogen-bond donors (Lipinski definition) is 1. The number of piperidine rings is 1. The Hall–Kier alpha value is -2.14. The third kappa shape index (κ3) is 4.45. The van der Waals surface area contributed by atoms with Crippen molar-refractivity contribution in [3.63, 3.8) is 0 Å². The average Bonchev–Trinajstić information content (AvgIpc) is 3.13. The number of carbonyl (C=O) groups is 1. The van der Waals surface area contributed by atoms with Crippen molar-refractivity contribution in [2.45, 2.75) is 38.3 Å². The number of rotatable bonds is 6. The average molecular weight is 330 g/mol. The highest BCUT2D eigenvalue weighted by molar-refractivity contribution is 5.75. The summed E-state index contributed by atoms with van der Waals surface area (Å²) in [6.45, 7) is 2.12. The summed E-state index contributed by atoms with van der Waals surface area (Å²) in [6.07, 6.45) is 5.43. The quantitative estimate of drug-likeness (QED) is 0.879. The van der Waals surface area contributed by atoms with Gasteiger partial charge in [0.25, 0.3) is 0 Å². The normalized spacial score (nSPS) is 18.5. The zero-order chi connectivity index (χ0) is 16.8.